The van der Waals surface area contributed by atoms with Crippen molar-refractivity contribution in [3.05, 3.63) is 0 Å². The van der Waals surface area contributed by atoms with E-state index < -0.39 is 97.5 Å². The highest BCUT2D eigenvalue weighted by molar-refractivity contribution is 7.47. The normalized spacial score (nSPS) is 14.1. The molecule has 0 aromatic carbocycles. The van der Waals surface area contributed by atoms with Crippen molar-refractivity contribution in [1.29, 1.82) is 0 Å². The second kappa shape index (κ2) is 62.8. The van der Waals surface area contributed by atoms with Gasteiger partial charge in [0.1, 0.15) is 19.3 Å². The molecule has 0 saturated carbocycles. The fraction of sp³-hybridized carbons (Fsp3) is 0.941. The summed E-state index contributed by atoms with van der Waals surface area (Å²) in [6.07, 6.45) is 50.6. The Bertz CT molecular complexity index is 1670. The molecule has 0 radical (unpaired) electrons. The molecule has 516 valence electrons. The predicted octanol–water partition coefficient (Wildman–Crippen LogP) is 19.5. The summed E-state index contributed by atoms with van der Waals surface area (Å²) < 4.78 is 67.8. The molecule has 2 unspecified atom stereocenters. The summed E-state index contributed by atoms with van der Waals surface area (Å²) in [7, 11) is -9.88. The van der Waals surface area contributed by atoms with Gasteiger partial charge in [0.15, 0.2) is 12.2 Å². The molecular formula is C68H132O17P2. The second-order valence-corrected chi connectivity index (χ2v) is 27.5. The maximum Gasteiger partial charge on any atom is 0.472 e. The van der Waals surface area contributed by atoms with Gasteiger partial charge >= 0.3 is 39.5 Å². The van der Waals surface area contributed by atoms with E-state index >= 15 is 0 Å². The lowest BCUT2D eigenvalue weighted by Gasteiger charge is -2.21. The van der Waals surface area contributed by atoms with Crippen molar-refractivity contribution in [3.8, 4) is 0 Å². The summed E-state index contributed by atoms with van der Waals surface area (Å²) in [5.41, 5.74) is 0. The molecule has 0 fully saturated rings. The fourth-order valence-corrected chi connectivity index (χ4v) is 11.9. The number of hydrogen-bond donors (Lipinski definition) is 3. The second-order valence-electron chi connectivity index (χ2n) is 24.6. The van der Waals surface area contributed by atoms with Crippen LogP contribution in [0, 0.1) is 0 Å². The number of aliphatic hydroxyl groups is 1. The molecule has 19 heteroatoms. The van der Waals surface area contributed by atoms with Crippen molar-refractivity contribution in [2.24, 2.45) is 0 Å². The topological polar surface area (TPSA) is 237 Å². The zero-order valence-electron chi connectivity index (χ0n) is 56.0. The Morgan fingerprint density at radius 3 is 0.678 bits per heavy atom. The number of unbranched alkanes of at least 4 members (excludes halogenated alkanes) is 43. The van der Waals surface area contributed by atoms with Gasteiger partial charge in [0.2, 0.25) is 0 Å². The standard InChI is InChI=1S/C68H132O17P2/c1-5-9-13-17-20-23-25-27-28-29-30-31-32-33-34-35-36-38-40-43-47-51-55-68(73)85-64(59-79-66(71)53-49-45-42-39-37-26-24-21-18-14-10-6-2)61-83-87(76,77)81-57-62(69)56-80-86(74,75)82-60-63(58-78-65(70)52-48-44-16-12-8-4)84-67(72)54-50-46-41-22-19-15-11-7-3/h62-64,69H,5-61H2,1-4H3,(H,74,75)(H,76,77)/t62-,63+,64+/m0/s1. The molecule has 0 bridgehead atoms. The summed E-state index contributed by atoms with van der Waals surface area (Å²) >= 11 is 0. The molecule has 87 heavy (non-hydrogen) atoms. The van der Waals surface area contributed by atoms with E-state index in [0.29, 0.717) is 25.7 Å². The first kappa shape index (κ1) is 85.1. The number of phosphoric ester groups is 2. The van der Waals surface area contributed by atoms with E-state index in [1.807, 2.05) is 0 Å². The maximum atomic E-state index is 13.0. The number of rotatable bonds is 69. The minimum Gasteiger partial charge on any atom is -0.462 e. The molecule has 0 saturated heterocycles. The lowest BCUT2D eigenvalue weighted by atomic mass is 10.0. The number of phosphoric acid groups is 2. The van der Waals surface area contributed by atoms with Gasteiger partial charge in [-0.1, -0.05) is 304 Å². The van der Waals surface area contributed by atoms with Gasteiger partial charge in [-0.3, -0.25) is 37.3 Å². The SMILES string of the molecule is CCCCCCCCCCCCCCCCCCCCCCCCC(=O)O[C@H](COC(=O)CCCCCCCCCCCCCC)COP(=O)(O)OC[C@@H](O)COP(=O)(O)OC[C@@H](COC(=O)CCCCCCC)OC(=O)CCCCCCCCCC. The fourth-order valence-electron chi connectivity index (χ4n) is 10.3. The largest absolute Gasteiger partial charge is 0.472 e. The van der Waals surface area contributed by atoms with Gasteiger partial charge in [-0.05, 0) is 25.7 Å². The van der Waals surface area contributed by atoms with Crippen LogP contribution < -0.4 is 0 Å². The van der Waals surface area contributed by atoms with E-state index in [-0.39, 0.29) is 25.7 Å². The Morgan fingerprint density at radius 1 is 0.276 bits per heavy atom. The molecule has 0 heterocycles. The Morgan fingerprint density at radius 2 is 0.460 bits per heavy atom. The molecule has 0 aromatic heterocycles. The molecule has 0 aliphatic carbocycles. The number of hydrogen-bond acceptors (Lipinski definition) is 15. The predicted molar refractivity (Wildman–Crippen MR) is 349 cm³/mol. The Kier molecular flexibility index (Phi) is 61.4. The molecule has 0 rings (SSSR count). The number of ether oxygens (including phenoxy) is 4. The zero-order valence-corrected chi connectivity index (χ0v) is 57.8. The van der Waals surface area contributed by atoms with Gasteiger partial charge < -0.3 is 33.8 Å². The average molecular weight is 1280 g/mol. The highest BCUT2D eigenvalue weighted by Crippen LogP contribution is 2.45. The van der Waals surface area contributed by atoms with E-state index in [0.717, 1.165) is 103 Å². The van der Waals surface area contributed by atoms with Gasteiger partial charge in [-0.2, -0.15) is 0 Å². The lowest BCUT2D eigenvalue weighted by Crippen LogP contribution is -2.30. The Hall–Kier alpha value is -1.94. The van der Waals surface area contributed by atoms with Gasteiger partial charge in [0.25, 0.3) is 0 Å². The molecule has 0 aliphatic rings. The van der Waals surface area contributed by atoms with Gasteiger partial charge in [0.05, 0.1) is 26.4 Å². The van der Waals surface area contributed by atoms with E-state index in [2.05, 4.69) is 27.7 Å². The molecule has 5 atom stereocenters. The summed E-state index contributed by atoms with van der Waals surface area (Å²) in [6, 6.07) is 0. The molecule has 17 nitrogen and oxygen atoms in total. The van der Waals surface area contributed by atoms with Crippen LogP contribution in [0.15, 0.2) is 0 Å². The van der Waals surface area contributed by atoms with Crippen LogP contribution in [0.2, 0.25) is 0 Å². The zero-order chi connectivity index (χ0) is 64.0. The number of esters is 4. The first-order valence-electron chi connectivity index (χ1n) is 35.8. The van der Waals surface area contributed by atoms with E-state index in [1.54, 1.807) is 0 Å². The summed E-state index contributed by atoms with van der Waals surface area (Å²) in [4.78, 5) is 72.0. The molecular weight excluding hydrogens is 1150 g/mol. The Balaban J connectivity index is 5.05. The van der Waals surface area contributed by atoms with Gasteiger partial charge in [-0.25, -0.2) is 9.13 Å². The van der Waals surface area contributed by atoms with Crippen LogP contribution in [0.25, 0.3) is 0 Å². The van der Waals surface area contributed by atoms with Gasteiger partial charge in [0, 0.05) is 25.7 Å². The van der Waals surface area contributed by atoms with Crippen LogP contribution in [-0.2, 0) is 65.4 Å². The van der Waals surface area contributed by atoms with Crippen molar-refractivity contribution >= 4 is 39.5 Å². The van der Waals surface area contributed by atoms with Crippen molar-refractivity contribution in [2.45, 2.75) is 373 Å². The van der Waals surface area contributed by atoms with Crippen molar-refractivity contribution in [3.63, 3.8) is 0 Å². The van der Waals surface area contributed by atoms with Gasteiger partial charge in [-0.15, -0.1) is 0 Å². The monoisotopic (exact) mass is 1280 g/mol. The molecule has 0 amide bonds. The van der Waals surface area contributed by atoms with Crippen molar-refractivity contribution < 1.29 is 80.2 Å². The van der Waals surface area contributed by atoms with Crippen molar-refractivity contribution in [1.82, 2.24) is 0 Å². The summed E-state index contributed by atoms with van der Waals surface area (Å²) in [5.74, 6) is -2.14. The quantitative estimate of drug-likeness (QED) is 0.0222. The van der Waals surface area contributed by atoms with E-state index in [1.165, 1.54) is 173 Å². The minimum absolute atomic E-state index is 0.104. The third-order valence-electron chi connectivity index (χ3n) is 15.9. The van der Waals surface area contributed by atoms with Crippen molar-refractivity contribution in [2.75, 3.05) is 39.6 Å². The number of aliphatic hydroxyl groups excluding tert-OH is 1. The van der Waals surface area contributed by atoms with E-state index in [4.69, 9.17) is 37.0 Å². The third kappa shape index (κ3) is 62.6. The third-order valence-corrected chi connectivity index (χ3v) is 17.8. The molecule has 0 aliphatic heterocycles. The van der Waals surface area contributed by atoms with Crippen LogP contribution in [0.1, 0.15) is 355 Å². The minimum atomic E-state index is -4.94. The van der Waals surface area contributed by atoms with Crippen LogP contribution in [0.5, 0.6) is 0 Å². The molecule has 0 aromatic rings. The number of carbonyl (C=O) groups is 4. The average Bonchev–Trinajstić information content (AvgIpc) is 3.71. The first-order chi connectivity index (χ1) is 42.2. The number of carbonyl (C=O) groups excluding carboxylic acids is 4. The highest BCUT2D eigenvalue weighted by Gasteiger charge is 2.30. The van der Waals surface area contributed by atoms with Crippen LogP contribution in [-0.4, -0.2) is 96.7 Å². The molecule has 0 spiro atoms. The maximum absolute atomic E-state index is 13.0. The molecule has 3 N–H and O–H groups in total. The van der Waals surface area contributed by atoms with Crippen LogP contribution >= 0.6 is 15.6 Å². The Labute approximate surface area is 530 Å². The van der Waals surface area contributed by atoms with Crippen LogP contribution in [0.3, 0.4) is 0 Å². The summed E-state index contributed by atoms with van der Waals surface area (Å²) in [5, 5.41) is 10.5. The highest BCUT2D eigenvalue weighted by atomic mass is 31.2. The first-order valence-corrected chi connectivity index (χ1v) is 38.8. The smallest absolute Gasteiger partial charge is 0.462 e. The van der Waals surface area contributed by atoms with Crippen LogP contribution in [0.4, 0.5) is 0 Å². The van der Waals surface area contributed by atoms with E-state index in [9.17, 15) is 43.2 Å². The summed E-state index contributed by atoms with van der Waals surface area (Å²) in [6.45, 7) is 4.80. The lowest BCUT2D eigenvalue weighted by molar-refractivity contribution is -0.161.